The van der Waals surface area contributed by atoms with Gasteiger partial charge < -0.3 is 14.2 Å². The normalized spacial score (nSPS) is 26.1. The summed E-state index contributed by atoms with van der Waals surface area (Å²) in [6.45, 7) is 5.67. The van der Waals surface area contributed by atoms with E-state index in [2.05, 4.69) is 5.16 Å². The zero-order valence-corrected chi connectivity index (χ0v) is 15.4. The molecular weight excluding hydrogens is 330 g/mol. The summed E-state index contributed by atoms with van der Waals surface area (Å²) < 4.78 is 11.2. The number of likely N-dealkylation sites (tertiary alicyclic amines) is 1. The van der Waals surface area contributed by atoms with E-state index in [1.165, 1.54) is 0 Å². The van der Waals surface area contributed by atoms with E-state index >= 15 is 0 Å². The molecule has 2 aromatic rings. The highest BCUT2D eigenvalue weighted by Gasteiger charge is 2.55. The lowest BCUT2D eigenvalue weighted by Crippen LogP contribution is -2.40. The number of nitrogens with zero attached hydrogens (tertiary/aromatic N) is 3. The molecule has 1 unspecified atom stereocenters. The van der Waals surface area contributed by atoms with Gasteiger partial charge in [0.05, 0.1) is 5.41 Å². The molecule has 0 N–H and O–H groups in total. The van der Waals surface area contributed by atoms with Gasteiger partial charge >= 0.3 is 0 Å². The van der Waals surface area contributed by atoms with Gasteiger partial charge in [0, 0.05) is 25.3 Å². The third-order valence-electron chi connectivity index (χ3n) is 5.83. The molecule has 1 aliphatic heterocycles. The molecular formula is C20H25N3O3. The Balaban J connectivity index is 1.59. The zero-order chi connectivity index (χ0) is 18.1. The van der Waals surface area contributed by atoms with Gasteiger partial charge in [-0.25, -0.2) is 0 Å². The lowest BCUT2D eigenvalue weighted by molar-refractivity contribution is -0.141. The highest BCUT2D eigenvalue weighted by Crippen LogP contribution is 2.50. The Labute approximate surface area is 153 Å². The lowest BCUT2D eigenvalue weighted by Gasteiger charge is -2.25. The summed E-state index contributed by atoms with van der Waals surface area (Å²) in [5.74, 6) is 1.74. The van der Waals surface area contributed by atoms with Crippen LogP contribution in [0.2, 0.25) is 0 Å². The van der Waals surface area contributed by atoms with Gasteiger partial charge in [0.1, 0.15) is 6.10 Å². The minimum absolute atomic E-state index is 0.0587. The van der Waals surface area contributed by atoms with Crippen LogP contribution in [-0.4, -0.2) is 46.7 Å². The average Bonchev–Trinajstić information content (AvgIpc) is 3.35. The highest BCUT2D eigenvalue weighted by molar-refractivity contribution is 5.81. The van der Waals surface area contributed by atoms with E-state index in [9.17, 15) is 4.79 Å². The predicted octanol–water partition coefficient (Wildman–Crippen LogP) is 3.04. The molecule has 2 heterocycles. The number of hydrogen-bond acceptors (Lipinski definition) is 5. The quantitative estimate of drug-likeness (QED) is 0.824. The van der Waals surface area contributed by atoms with E-state index in [0.29, 0.717) is 30.8 Å². The molecule has 1 aromatic carbocycles. The molecule has 0 radical (unpaired) electrons. The zero-order valence-electron chi connectivity index (χ0n) is 15.4. The van der Waals surface area contributed by atoms with E-state index in [0.717, 1.165) is 31.4 Å². The summed E-state index contributed by atoms with van der Waals surface area (Å²) in [6, 6.07) is 9.86. The number of aromatic nitrogens is 2. The highest BCUT2D eigenvalue weighted by atomic mass is 16.5. The van der Waals surface area contributed by atoms with Crippen LogP contribution in [0.1, 0.15) is 39.0 Å². The van der Waals surface area contributed by atoms with Crippen LogP contribution in [-0.2, 0) is 14.9 Å². The summed E-state index contributed by atoms with van der Waals surface area (Å²) >= 11 is 0. The number of hydrogen-bond donors (Lipinski definition) is 0. The van der Waals surface area contributed by atoms with Crippen LogP contribution in [0.4, 0.5) is 0 Å². The van der Waals surface area contributed by atoms with Gasteiger partial charge in [0.15, 0.2) is 0 Å². The summed E-state index contributed by atoms with van der Waals surface area (Å²) in [6.07, 6.45) is 2.81. The molecule has 2 fully saturated rings. The number of amides is 1. The summed E-state index contributed by atoms with van der Waals surface area (Å²) in [5.41, 5.74) is 0.742. The van der Waals surface area contributed by atoms with Gasteiger partial charge in [-0.3, -0.25) is 4.79 Å². The van der Waals surface area contributed by atoms with Crippen molar-refractivity contribution in [1.82, 2.24) is 15.0 Å². The van der Waals surface area contributed by atoms with Crippen molar-refractivity contribution < 1.29 is 14.1 Å². The van der Waals surface area contributed by atoms with Crippen molar-refractivity contribution in [1.29, 1.82) is 0 Å². The minimum Gasteiger partial charge on any atom is -0.369 e. The van der Waals surface area contributed by atoms with E-state index in [1.807, 2.05) is 49.1 Å². The fraction of sp³-hybridized carbons (Fsp3) is 0.550. The first kappa shape index (κ1) is 17.2. The van der Waals surface area contributed by atoms with Gasteiger partial charge in [-0.05, 0) is 32.6 Å². The Bertz CT molecular complexity index is 776. The summed E-state index contributed by atoms with van der Waals surface area (Å²) in [5, 5.41) is 4.21. The van der Waals surface area contributed by atoms with Crippen LogP contribution in [0.5, 0.6) is 0 Å². The maximum atomic E-state index is 12.7. The van der Waals surface area contributed by atoms with Crippen molar-refractivity contribution >= 4 is 5.91 Å². The Morgan fingerprint density at radius 2 is 2.23 bits per heavy atom. The van der Waals surface area contributed by atoms with Crippen molar-refractivity contribution in [2.75, 3.05) is 19.7 Å². The number of carbonyl (C=O) groups is 1. The molecule has 26 heavy (non-hydrogen) atoms. The van der Waals surface area contributed by atoms with E-state index < -0.39 is 6.10 Å². The van der Waals surface area contributed by atoms with Crippen LogP contribution >= 0.6 is 0 Å². The average molecular weight is 355 g/mol. The summed E-state index contributed by atoms with van der Waals surface area (Å²) in [4.78, 5) is 19.4. The van der Waals surface area contributed by atoms with Crippen LogP contribution in [0, 0.1) is 5.92 Å². The Morgan fingerprint density at radius 3 is 3.00 bits per heavy atom. The van der Waals surface area contributed by atoms with Crippen molar-refractivity contribution in [2.24, 2.45) is 5.92 Å². The van der Waals surface area contributed by atoms with Crippen LogP contribution < -0.4 is 0 Å². The monoisotopic (exact) mass is 355 g/mol. The molecule has 6 heteroatoms. The van der Waals surface area contributed by atoms with Gasteiger partial charge in [-0.15, -0.1) is 0 Å². The SMILES string of the molecule is CCOC(C)C(=O)N1C[C@H]2CCC[C@@]2(c2nc(-c3ccccc3)no2)C1. The second-order valence-electron chi connectivity index (χ2n) is 7.35. The Morgan fingerprint density at radius 1 is 1.42 bits per heavy atom. The molecule has 1 amide bonds. The second kappa shape index (κ2) is 6.83. The first-order valence-corrected chi connectivity index (χ1v) is 9.44. The third kappa shape index (κ3) is 2.82. The predicted molar refractivity (Wildman–Crippen MR) is 96.4 cm³/mol. The van der Waals surface area contributed by atoms with Gasteiger partial charge in [-0.1, -0.05) is 41.9 Å². The van der Waals surface area contributed by atoms with E-state index in [-0.39, 0.29) is 11.3 Å². The number of carbonyl (C=O) groups excluding carboxylic acids is 1. The number of ether oxygens (including phenoxy) is 1. The fourth-order valence-electron chi connectivity index (χ4n) is 4.52. The Kier molecular flexibility index (Phi) is 4.53. The molecule has 138 valence electrons. The molecule has 1 saturated carbocycles. The molecule has 6 nitrogen and oxygen atoms in total. The lowest BCUT2D eigenvalue weighted by atomic mass is 9.80. The molecule has 0 bridgehead atoms. The van der Waals surface area contributed by atoms with E-state index in [1.54, 1.807) is 0 Å². The second-order valence-corrected chi connectivity index (χ2v) is 7.35. The molecule has 1 aromatic heterocycles. The third-order valence-corrected chi connectivity index (χ3v) is 5.83. The number of fused-ring (bicyclic) bond motifs is 1. The van der Waals surface area contributed by atoms with Crippen molar-refractivity contribution in [2.45, 2.75) is 44.6 Å². The van der Waals surface area contributed by atoms with Crippen molar-refractivity contribution in [3.8, 4) is 11.4 Å². The van der Waals surface area contributed by atoms with Crippen molar-refractivity contribution in [3.63, 3.8) is 0 Å². The standard InChI is InChI=1S/C20H25N3O3/c1-3-25-14(2)18(24)23-12-16-10-7-11-20(16,13-23)19-21-17(22-26-19)15-8-5-4-6-9-15/h4-6,8-9,14,16H,3,7,10-13H2,1-2H3/t14?,16-,20-/m1/s1. The van der Waals surface area contributed by atoms with Gasteiger partial charge in [0.25, 0.3) is 5.91 Å². The van der Waals surface area contributed by atoms with Gasteiger partial charge in [0.2, 0.25) is 11.7 Å². The fourth-order valence-corrected chi connectivity index (χ4v) is 4.52. The van der Waals surface area contributed by atoms with Crippen LogP contribution in [0.3, 0.4) is 0 Å². The number of benzene rings is 1. The largest absolute Gasteiger partial charge is 0.369 e. The minimum atomic E-state index is -0.404. The smallest absolute Gasteiger partial charge is 0.251 e. The van der Waals surface area contributed by atoms with Gasteiger partial charge in [-0.2, -0.15) is 4.98 Å². The summed E-state index contributed by atoms with van der Waals surface area (Å²) in [7, 11) is 0. The van der Waals surface area contributed by atoms with Crippen LogP contribution in [0.15, 0.2) is 34.9 Å². The number of rotatable bonds is 5. The molecule has 1 aliphatic carbocycles. The molecule has 4 rings (SSSR count). The Hall–Kier alpha value is -2.21. The van der Waals surface area contributed by atoms with Crippen molar-refractivity contribution in [3.05, 3.63) is 36.2 Å². The first-order chi connectivity index (χ1) is 12.6. The molecule has 2 aliphatic rings. The first-order valence-electron chi connectivity index (χ1n) is 9.44. The maximum absolute atomic E-state index is 12.7. The molecule has 3 atom stereocenters. The topological polar surface area (TPSA) is 68.5 Å². The molecule has 0 spiro atoms. The van der Waals surface area contributed by atoms with Crippen LogP contribution in [0.25, 0.3) is 11.4 Å². The molecule has 1 saturated heterocycles. The maximum Gasteiger partial charge on any atom is 0.251 e. The van der Waals surface area contributed by atoms with E-state index in [4.69, 9.17) is 14.2 Å².